The van der Waals surface area contributed by atoms with Gasteiger partial charge in [-0.15, -0.1) is 0 Å². The number of benzene rings is 1. The third-order valence-electron chi connectivity index (χ3n) is 3.93. The van der Waals surface area contributed by atoms with E-state index in [-0.39, 0.29) is 40.4 Å². The van der Waals surface area contributed by atoms with Gasteiger partial charge in [-0.2, -0.15) is 0 Å². The lowest BCUT2D eigenvalue weighted by Gasteiger charge is -2.27. The Bertz CT molecular complexity index is 998. The summed E-state index contributed by atoms with van der Waals surface area (Å²) in [7, 11) is 0. The SMILES string of the molecule is CCOC(=O)C1=C(N)Oc2c(oc(CO)cc2=O)C1c1cc(Cl)ccc1Cl. The molecule has 0 spiro atoms. The van der Waals surface area contributed by atoms with Crippen LogP contribution in [0.5, 0.6) is 5.75 Å². The summed E-state index contributed by atoms with van der Waals surface area (Å²) >= 11 is 12.4. The number of rotatable bonds is 4. The Balaban J connectivity index is 2.33. The standard InChI is InChI=1S/C18H15Cl2NO6/c1-2-25-18(24)14-13(10-5-8(19)3-4-11(10)20)16-15(27-17(14)21)12(23)6-9(7-22)26-16/h3-6,13,22H,2,7,21H2,1H3. The third kappa shape index (κ3) is 3.53. The van der Waals surface area contributed by atoms with Gasteiger partial charge in [0, 0.05) is 16.1 Å². The van der Waals surface area contributed by atoms with Crippen molar-refractivity contribution < 1.29 is 23.8 Å². The molecule has 3 N–H and O–H groups in total. The first-order valence-corrected chi connectivity index (χ1v) is 8.70. The Kier molecular flexibility index (Phi) is 5.46. The molecular formula is C18H15Cl2NO6. The van der Waals surface area contributed by atoms with Gasteiger partial charge in [0.05, 0.1) is 12.5 Å². The van der Waals surface area contributed by atoms with Gasteiger partial charge >= 0.3 is 5.97 Å². The summed E-state index contributed by atoms with van der Waals surface area (Å²) in [6, 6.07) is 5.73. The van der Waals surface area contributed by atoms with E-state index in [9.17, 15) is 14.7 Å². The minimum atomic E-state index is -1.00. The van der Waals surface area contributed by atoms with Crippen LogP contribution in [0.15, 0.2) is 44.9 Å². The summed E-state index contributed by atoms with van der Waals surface area (Å²) in [6.45, 7) is 1.21. The van der Waals surface area contributed by atoms with E-state index < -0.39 is 23.9 Å². The maximum absolute atomic E-state index is 12.6. The fraction of sp³-hybridized carbons (Fsp3) is 0.222. The highest BCUT2D eigenvalue weighted by atomic mass is 35.5. The quantitative estimate of drug-likeness (QED) is 0.743. The van der Waals surface area contributed by atoms with Crippen LogP contribution in [0.3, 0.4) is 0 Å². The smallest absolute Gasteiger partial charge is 0.340 e. The number of carbonyl (C=O) groups excluding carboxylic acids is 1. The summed E-state index contributed by atoms with van der Waals surface area (Å²) in [5, 5.41) is 10.0. The Hall–Kier alpha value is -2.48. The Morgan fingerprint density at radius 3 is 2.74 bits per heavy atom. The molecule has 7 nitrogen and oxygen atoms in total. The van der Waals surface area contributed by atoms with Gasteiger partial charge < -0.3 is 24.7 Å². The monoisotopic (exact) mass is 411 g/mol. The van der Waals surface area contributed by atoms with Crippen molar-refractivity contribution in [2.45, 2.75) is 19.4 Å². The van der Waals surface area contributed by atoms with Crippen molar-refractivity contribution in [3.63, 3.8) is 0 Å². The average molecular weight is 412 g/mol. The minimum Gasteiger partial charge on any atom is -0.462 e. The van der Waals surface area contributed by atoms with Gasteiger partial charge in [-0.05, 0) is 30.7 Å². The highest BCUT2D eigenvalue weighted by Crippen LogP contribution is 2.44. The van der Waals surface area contributed by atoms with Crippen molar-refractivity contribution in [1.29, 1.82) is 0 Å². The van der Waals surface area contributed by atoms with Crippen molar-refractivity contribution in [3.05, 3.63) is 73.1 Å². The molecule has 1 unspecified atom stereocenters. The number of hydrogen-bond donors (Lipinski definition) is 2. The zero-order chi connectivity index (χ0) is 19.7. The molecular weight excluding hydrogens is 397 g/mol. The molecule has 1 aliphatic heterocycles. The number of fused-ring (bicyclic) bond motifs is 1. The molecule has 1 aliphatic rings. The Morgan fingerprint density at radius 1 is 1.33 bits per heavy atom. The van der Waals surface area contributed by atoms with Crippen molar-refractivity contribution in [1.82, 2.24) is 0 Å². The maximum Gasteiger partial charge on any atom is 0.340 e. The van der Waals surface area contributed by atoms with E-state index in [0.717, 1.165) is 6.07 Å². The summed E-state index contributed by atoms with van der Waals surface area (Å²) in [5.74, 6) is -2.27. The fourth-order valence-electron chi connectivity index (χ4n) is 2.82. The molecule has 0 saturated heterocycles. The molecule has 0 amide bonds. The normalized spacial score (nSPS) is 15.9. The number of ether oxygens (including phenoxy) is 2. The van der Waals surface area contributed by atoms with E-state index >= 15 is 0 Å². The Labute approximate surface area is 163 Å². The summed E-state index contributed by atoms with van der Waals surface area (Å²) < 4.78 is 16.1. The summed E-state index contributed by atoms with van der Waals surface area (Å²) in [5.41, 5.74) is 5.67. The van der Waals surface area contributed by atoms with Crippen LogP contribution in [0.25, 0.3) is 0 Å². The molecule has 0 saturated carbocycles. The molecule has 0 fully saturated rings. The first kappa shape index (κ1) is 19.3. The number of esters is 1. The van der Waals surface area contributed by atoms with E-state index in [4.69, 9.17) is 42.8 Å². The highest BCUT2D eigenvalue weighted by molar-refractivity contribution is 6.33. The molecule has 1 aromatic heterocycles. The average Bonchev–Trinajstić information content (AvgIpc) is 2.63. The van der Waals surface area contributed by atoms with Gasteiger partial charge in [-0.25, -0.2) is 4.79 Å². The van der Waals surface area contributed by atoms with Crippen molar-refractivity contribution >= 4 is 29.2 Å². The molecule has 0 aliphatic carbocycles. The van der Waals surface area contributed by atoms with Gasteiger partial charge in [-0.3, -0.25) is 4.79 Å². The Morgan fingerprint density at radius 2 is 2.07 bits per heavy atom. The molecule has 2 aromatic rings. The van der Waals surface area contributed by atoms with E-state index in [1.165, 1.54) is 6.07 Å². The number of aliphatic hydroxyl groups excluding tert-OH is 1. The number of aliphatic hydroxyl groups is 1. The number of carbonyl (C=O) groups is 1. The molecule has 0 bridgehead atoms. The molecule has 1 aromatic carbocycles. The molecule has 0 radical (unpaired) electrons. The van der Waals surface area contributed by atoms with Crippen LogP contribution < -0.4 is 15.9 Å². The van der Waals surface area contributed by atoms with E-state index in [0.29, 0.717) is 10.6 Å². The molecule has 1 atom stereocenters. The van der Waals surface area contributed by atoms with Crippen LogP contribution in [0.4, 0.5) is 0 Å². The predicted molar refractivity (Wildman–Crippen MR) is 97.7 cm³/mol. The van der Waals surface area contributed by atoms with Crippen LogP contribution in [0.1, 0.15) is 29.9 Å². The van der Waals surface area contributed by atoms with Crippen LogP contribution >= 0.6 is 23.2 Å². The molecule has 142 valence electrons. The first-order chi connectivity index (χ1) is 12.9. The maximum atomic E-state index is 12.6. The van der Waals surface area contributed by atoms with Crippen LogP contribution in [0, 0.1) is 0 Å². The van der Waals surface area contributed by atoms with Crippen LogP contribution in [0.2, 0.25) is 10.0 Å². The topological polar surface area (TPSA) is 112 Å². The van der Waals surface area contributed by atoms with Gasteiger partial charge in [0.1, 0.15) is 17.9 Å². The first-order valence-electron chi connectivity index (χ1n) is 7.94. The van der Waals surface area contributed by atoms with Crippen LogP contribution in [-0.4, -0.2) is 17.7 Å². The zero-order valence-electron chi connectivity index (χ0n) is 14.1. The lowest BCUT2D eigenvalue weighted by atomic mass is 9.86. The van der Waals surface area contributed by atoms with Crippen molar-refractivity contribution in [2.75, 3.05) is 6.61 Å². The van der Waals surface area contributed by atoms with Gasteiger partial charge in [0.15, 0.2) is 5.76 Å². The minimum absolute atomic E-state index is 0.00539. The summed E-state index contributed by atoms with van der Waals surface area (Å²) in [6.07, 6.45) is 0. The second-order valence-corrected chi connectivity index (χ2v) is 6.47. The van der Waals surface area contributed by atoms with Crippen molar-refractivity contribution in [3.8, 4) is 5.75 Å². The lowest BCUT2D eigenvalue weighted by Crippen LogP contribution is -2.30. The van der Waals surface area contributed by atoms with Crippen LogP contribution in [-0.2, 0) is 16.1 Å². The lowest BCUT2D eigenvalue weighted by molar-refractivity contribution is -0.139. The highest BCUT2D eigenvalue weighted by Gasteiger charge is 2.40. The summed E-state index contributed by atoms with van der Waals surface area (Å²) in [4.78, 5) is 24.9. The van der Waals surface area contributed by atoms with E-state index in [2.05, 4.69) is 0 Å². The second-order valence-electron chi connectivity index (χ2n) is 5.63. The van der Waals surface area contributed by atoms with Gasteiger partial charge in [0.2, 0.25) is 17.1 Å². The molecule has 9 heteroatoms. The fourth-order valence-corrected chi connectivity index (χ4v) is 3.22. The van der Waals surface area contributed by atoms with Gasteiger partial charge in [0.25, 0.3) is 0 Å². The van der Waals surface area contributed by atoms with E-state index in [1.54, 1.807) is 19.1 Å². The number of nitrogens with two attached hydrogens (primary N) is 1. The van der Waals surface area contributed by atoms with E-state index in [1.807, 2.05) is 0 Å². The van der Waals surface area contributed by atoms with Gasteiger partial charge in [-0.1, -0.05) is 23.2 Å². The third-order valence-corrected chi connectivity index (χ3v) is 4.51. The largest absolute Gasteiger partial charge is 0.462 e. The molecule has 2 heterocycles. The predicted octanol–water partition coefficient (Wildman–Crippen LogP) is 2.70. The molecule has 3 rings (SSSR count). The number of hydrogen-bond acceptors (Lipinski definition) is 7. The number of halogens is 2. The second kappa shape index (κ2) is 7.64. The zero-order valence-corrected chi connectivity index (χ0v) is 15.6. The molecule has 27 heavy (non-hydrogen) atoms. The van der Waals surface area contributed by atoms with Crippen molar-refractivity contribution in [2.24, 2.45) is 5.73 Å².